The van der Waals surface area contributed by atoms with Crippen molar-refractivity contribution in [1.29, 1.82) is 0 Å². The van der Waals surface area contributed by atoms with Crippen LogP contribution in [0.4, 0.5) is 0 Å². The first-order chi connectivity index (χ1) is 29.2. The van der Waals surface area contributed by atoms with Crippen molar-refractivity contribution >= 4 is 75.1 Å². The molecule has 0 fully saturated rings. The number of aromatic nitrogens is 4. The third-order valence-electron chi connectivity index (χ3n) is 11.4. The summed E-state index contributed by atoms with van der Waals surface area (Å²) in [4.78, 5) is 21.3. The number of nitrogens with zero attached hydrogens (tertiary/aromatic N) is 4. The van der Waals surface area contributed by atoms with Gasteiger partial charge in [-0.3, -0.25) is 0 Å². The molecular weight excluding hydrogens is 737 g/mol. The minimum atomic E-state index is 0.881. The van der Waals surface area contributed by atoms with Gasteiger partial charge in [-0.05, 0) is 42.0 Å². The van der Waals surface area contributed by atoms with E-state index in [1.165, 1.54) is 25.7 Å². The largest absolute Gasteiger partial charge is 0.245 e. The summed E-state index contributed by atoms with van der Waals surface area (Å²) in [5.74, 6) is 0. The molecule has 274 valence electrons. The molecule has 0 saturated heterocycles. The van der Waals surface area contributed by atoms with Crippen LogP contribution in [0.5, 0.6) is 0 Å². The number of fused-ring (bicyclic) bond motifs is 9. The molecule has 59 heavy (non-hydrogen) atoms. The zero-order valence-electron chi connectivity index (χ0n) is 31.7. The average Bonchev–Trinajstić information content (AvgIpc) is 3.70. The van der Waals surface area contributed by atoms with E-state index in [2.05, 4.69) is 170 Å². The summed E-state index contributed by atoms with van der Waals surface area (Å²) < 4.78 is 2.55. The Bertz CT molecular complexity index is 3610. The summed E-state index contributed by atoms with van der Waals surface area (Å²) in [7, 11) is 0. The SMILES string of the molecule is c1ccc(-c2ccc3ccc4ccc(-c5cccc(-c6cc(-c7cccc8c7sc7ccccc78)c7ccc8ccc(-c9ccccc9)nc8c7n6)c5)nc4c3n2)cc1. The number of benzene rings is 7. The third kappa shape index (κ3) is 5.66. The van der Waals surface area contributed by atoms with Gasteiger partial charge in [0.05, 0.1) is 44.8 Å². The molecule has 0 radical (unpaired) electrons. The van der Waals surface area contributed by atoms with Crippen LogP contribution in [0.2, 0.25) is 0 Å². The Labute approximate surface area is 343 Å². The lowest BCUT2D eigenvalue weighted by molar-refractivity contribution is 1.35. The average molecular weight is 769 g/mol. The van der Waals surface area contributed by atoms with Crippen LogP contribution in [0, 0.1) is 0 Å². The van der Waals surface area contributed by atoms with E-state index in [-0.39, 0.29) is 0 Å². The van der Waals surface area contributed by atoms with Gasteiger partial charge in [0.25, 0.3) is 0 Å². The first-order valence-electron chi connectivity index (χ1n) is 19.8. The summed E-state index contributed by atoms with van der Waals surface area (Å²) in [6.45, 7) is 0. The molecule has 5 heteroatoms. The van der Waals surface area contributed by atoms with E-state index in [4.69, 9.17) is 19.9 Å². The first-order valence-corrected chi connectivity index (χ1v) is 20.6. The smallest absolute Gasteiger partial charge is 0.0978 e. The summed E-state index contributed by atoms with van der Waals surface area (Å²) in [5.41, 5.74) is 13.7. The van der Waals surface area contributed by atoms with Gasteiger partial charge in [-0.2, -0.15) is 0 Å². The fourth-order valence-corrected chi connectivity index (χ4v) is 9.74. The quantitative estimate of drug-likeness (QED) is 0.164. The van der Waals surface area contributed by atoms with E-state index in [1.807, 2.05) is 35.6 Å². The maximum absolute atomic E-state index is 5.49. The number of thiophene rings is 1. The molecule has 0 unspecified atom stereocenters. The fraction of sp³-hybridized carbons (Fsp3) is 0. The van der Waals surface area contributed by atoms with Crippen molar-refractivity contribution in [2.24, 2.45) is 0 Å². The van der Waals surface area contributed by atoms with E-state index in [9.17, 15) is 0 Å². The minimum absolute atomic E-state index is 0.881. The van der Waals surface area contributed by atoms with Gasteiger partial charge in [0, 0.05) is 69.5 Å². The highest BCUT2D eigenvalue weighted by molar-refractivity contribution is 7.26. The van der Waals surface area contributed by atoms with Crippen LogP contribution in [0.15, 0.2) is 194 Å². The second-order valence-electron chi connectivity index (χ2n) is 15.0. The topological polar surface area (TPSA) is 51.6 Å². The Kier molecular flexibility index (Phi) is 7.68. The molecule has 0 saturated carbocycles. The van der Waals surface area contributed by atoms with Gasteiger partial charge in [-0.1, -0.05) is 158 Å². The summed E-state index contributed by atoms with van der Waals surface area (Å²) in [5, 5.41) is 6.79. The molecule has 0 aliphatic rings. The van der Waals surface area contributed by atoms with Crippen molar-refractivity contribution < 1.29 is 0 Å². The molecule has 0 amide bonds. The van der Waals surface area contributed by atoms with Crippen LogP contribution in [0.25, 0.3) is 120 Å². The molecule has 0 aliphatic carbocycles. The van der Waals surface area contributed by atoms with Crippen molar-refractivity contribution in [2.45, 2.75) is 0 Å². The van der Waals surface area contributed by atoms with Gasteiger partial charge in [0.2, 0.25) is 0 Å². The van der Waals surface area contributed by atoms with Crippen LogP contribution < -0.4 is 0 Å². The highest BCUT2D eigenvalue weighted by Crippen LogP contribution is 2.44. The molecule has 5 aromatic heterocycles. The van der Waals surface area contributed by atoms with E-state index in [0.717, 1.165) is 94.2 Å². The fourth-order valence-electron chi connectivity index (χ4n) is 8.51. The number of pyridine rings is 4. The van der Waals surface area contributed by atoms with Crippen molar-refractivity contribution in [3.63, 3.8) is 0 Å². The van der Waals surface area contributed by atoms with Crippen molar-refractivity contribution in [3.05, 3.63) is 194 Å². The van der Waals surface area contributed by atoms with Gasteiger partial charge in [-0.25, -0.2) is 19.9 Å². The Morgan fingerprint density at radius 2 is 0.763 bits per heavy atom. The highest BCUT2D eigenvalue weighted by Gasteiger charge is 2.18. The van der Waals surface area contributed by atoms with E-state index < -0.39 is 0 Å². The van der Waals surface area contributed by atoms with E-state index in [1.54, 1.807) is 0 Å². The third-order valence-corrected chi connectivity index (χ3v) is 12.7. The molecule has 0 atom stereocenters. The second kappa shape index (κ2) is 13.5. The Balaban J connectivity index is 1.07. The standard InChI is InChI=1S/C54H32N4S/c1-3-11-33(12-4-1)45-28-24-35-21-22-36-26-30-47(57-51(36)50(35)55-45)38-15-9-16-39(31-38)48-32-44(43-19-10-18-42-40-17-7-8-20-49(40)59-54(42)43)41-27-23-37-25-29-46(34-13-5-2-6-14-34)56-52(37)53(41)58-48/h1-32H. The monoisotopic (exact) mass is 768 g/mol. The molecule has 0 N–H and O–H groups in total. The molecular formula is C54H32N4S. The minimum Gasteiger partial charge on any atom is -0.245 e. The summed E-state index contributed by atoms with van der Waals surface area (Å²) in [6.07, 6.45) is 0. The maximum atomic E-state index is 5.49. The van der Waals surface area contributed by atoms with Crippen LogP contribution in [-0.2, 0) is 0 Å². The predicted octanol–water partition coefficient (Wildman–Crippen LogP) is 14.6. The van der Waals surface area contributed by atoms with E-state index >= 15 is 0 Å². The van der Waals surface area contributed by atoms with Crippen molar-refractivity contribution in [3.8, 4) is 56.2 Å². The molecule has 0 bridgehead atoms. The molecule has 12 aromatic rings. The van der Waals surface area contributed by atoms with Gasteiger partial charge in [0.15, 0.2) is 0 Å². The molecule has 5 heterocycles. The number of hydrogen-bond acceptors (Lipinski definition) is 5. The second-order valence-corrected chi connectivity index (χ2v) is 16.0. The van der Waals surface area contributed by atoms with Crippen LogP contribution >= 0.6 is 11.3 Å². The molecule has 0 aliphatic heterocycles. The van der Waals surface area contributed by atoms with Crippen molar-refractivity contribution in [1.82, 2.24) is 19.9 Å². The molecule has 4 nitrogen and oxygen atoms in total. The van der Waals surface area contributed by atoms with E-state index in [0.29, 0.717) is 0 Å². The lowest BCUT2D eigenvalue weighted by atomic mass is 9.95. The maximum Gasteiger partial charge on any atom is 0.0978 e. The zero-order valence-corrected chi connectivity index (χ0v) is 32.5. The lowest BCUT2D eigenvalue weighted by Gasteiger charge is -2.14. The highest BCUT2D eigenvalue weighted by atomic mass is 32.1. The van der Waals surface area contributed by atoms with Gasteiger partial charge >= 0.3 is 0 Å². The first kappa shape index (κ1) is 33.5. The van der Waals surface area contributed by atoms with Gasteiger partial charge in [0.1, 0.15) is 0 Å². The lowest BCUT2D eigenvalue weighted by Crippen LogP contribution is -1.94. The Morgan fingerprint density at radius 1 is 0.288 bits per heavy atom. The molecule has 7 aromatic carbocycles. The van der Waals surface area contributed by atoms with Crippen molar-refractivity contribution in [2.75, 3.05) is 0 Å². The Morgan fingerprint density at radius 3 is 1.42 bits per heavy atom. The summed E-state index contributed by atoms with van der Waals surface area (Å²) in [6, 6.07) is 68.4. The van der Waals surface area contributed by atoms with Crippen LogP contribution in [-0.4, -0.2) is 19.9 Å². The number of hydrogen-bond donors (Lipinski definition) is 0. The normalized spacial score (nSPS) is 11.7. The van der Waals surface area contributed by atoms with Gasteiger partial charge < -0.3 is 0 Å². The summed E-state index contributed by atoms with van der Waals surface area (Å²) >= 11 is 1.85. The zero-order chi connectivity index (χ0) is 38.9. The Hall–Kier alpha value is -7.60. The molecule has 12 rings (SSSR count). The van der Waals surface area contributed by atoms with Crippen LogP contribution in [0.1, 0.15) is 0 Å². The predicted molar refractivity (Wildman–Crippen MR) is 248 cm³/mol. The molecule has 0 spiro atoms. The number of rotatable bonds is 5. The van der Waals surface area contributed by atoms with Gasteiger partial charge in [-0.15, -0.1) is 11.3 Å². The van der Waals surface area contributed by atoms with Crippen LogP contribution in [0.3, 0.4) is 0 Å².